The molecular formula is C28H29ClN2O. The molecule has 3 aromatic carbocycles. The van der Waals surface area contributed by atoms with Crippen LogP contribution in [0.25, 0.3) is 21.8 Å². The van der Waals surface area contributed by atoms with Crippen molar-refractivity contribution in [2.75, 3.05) is 26.2 Å². The Morgan fingerprint density at radius 1 is 0.844 bits per heavy atom. The van der Waals surface area contributed by atoms with Gasteiger partial charge in [-0.2, -0.15) is 0 Å². The molecule has 4 heteroatoms. The molecule has 4 heterocycles. The van der Waals surface area contributed by atoms with Gasteiger partial charge in [-0.15, -0.1) is 12.4 Å². The lowest BCUT2D eigenvalue weighted by Crippen LogP contribution is -2.43. The Bertz CT molecular complexity index is 1250. The van der Waals surface area contributed by atoms with Gasteiger partial charge in [0.05, 0.1) is 5.52 Å². The first-order valence-corrected chi connectivity index (χ1v) is 11.4. The minimum absolute atomic E-state index is 0. The monoisotopic (exact) mass is 444 g/mol. The van der Waals surface area contributed by atoms with E-state index < -0.39 is 0 Å². The molecule has 4 aromatic rings. The van der Waals surface area contributed by atoms with Gasteiger partial charge in [0.15, 0.2) is 0 Å². The SMILES string of the molecule is C(COc1ccc2c3ccccc3n(Cc3ccccc3)c2c1)=C1CN2CCC1CC2.Cl. The van der Waals surface area contributed by atoms with Crippen molar-refractivity contribution >= 4 is 34.2 Å². The first-order valence-electron chi connectivity index (χ1n) is 11.4. The van der Waals surface area contributed by atoms with Crippen molar-refractivity contribution in [1.29, 1.82) is 0 Å². The van der Waals surface area contributed by atoms with Crippen LogP contribution in [0.3, 0.4) is 0 Å². The van der Waals surface area contributed by atoms with E-state index in [1.54, 1.807) is 5.57 Å². The van der Waals surface area contributed by atoms with Gasteiger partial charge in [0, 0.05) is 35.4 Å². The zero-order chi connectivity index (χ0) is 20.6. The van der Waals surface area contributed by atoms with E-state index in [1.165, 1.54) is 53.3 Å². The number of aromatic nitrogens is 1. The second-order valence-electron chi connectivity index (χ2n) is 8.91. The highest BCUT2D eigenvalue weighted by Crippen LogP contribution is 2.33. The summed E-state index contributed by atoms with van der Waals surface area (Å²) in [4.78, 5) is 2.57. The van der Waals surface area contributed by atoms with E-state index >= 15 is 0 Å². The summed E-state index contributed by atoms with van der Waals surface area (Å²) in [5.41, 5.74) is 5.39. The summed E-state index contributed by atoms with van der Waals surface area (Å²) in [5.74, 6) is 1.73. The van der Waals surface area contributed by atoms with Crippen molar-refractivity contribution < 1.29 is 4.74 Å². The lowest BCUT2D eigenvalue weighted by molar-refractivity contribution is 0.160. The smallest absolute Gasteiger partial charge is 0.121 e. The first-order chi connectivity index (χ1) is 15.3. The molecule has 0 atom stereocenters. The molecule has 0 amide bonds. The normalized spacial score (nSPS) is 21.2. The largest absolute Gasteiger partial charge is 0.489 e. The van der Waals surface area contributed by atoms with Crippen LogP contribution in [0, 0.1) is 5.92 Å². The summed E-state index contributed by atoms with van der Waals surface area (Å²) in [7, 11) is 0. The molecule has 3 saturated heterocycles. The Morgan fingerprint density at radius 3 is 2.38 bits per heavy atom. The Labute approximate surface area is 195 Å². The number of nitrogens with zero attached hydrogens (tertiary/aromatic N) is 2. The van der Waals surface area contributed by atoms with Crippen LogP contribution >= 0.6 is 12.4 Å². The maximum Gasteiger partial charge on any atom is 0.121 e. The maximum atomic E-state index is 6.22. The third-order valence-electron chi connectivity index (χ3n) is 7.04. The average Bonchev–Trinajstić information content (AvgIpc) is 3.14. The average molecular weight is 445 g/mol. The van der Waals surface area contributed by atoms with E-state index in [2.05, 4.69) is 88.3 Å². The predicted molar refractivity (Wildman–Crippen MR) is 135 cm³/mol. The van der Waals surface area contributed by atoms with Gasteiger partial charge in [0.25, 0.3) is 0 Å². The van der Waals surface area contributed by atoms with Gasteiger partial charge in [0.1, 0.15) is 12.4 Å². The summed E-state index contributed by atoms with van der Waals surface area (Å²) in [5, 5.41) is 2.59. The van der Waals surface area contributed by atoms with Gasteiger partial charge in [-0.1, -0.05) is 54.1 Å². The number of piperidine rings is 3. The van der Waals surface area contributed by atoms with E-state index in [-0.39, 0.29) is 12.4 Å². The number of ether oxygens (including phenoxy) is 1. The molecule has 0 aliphatic carbocycles. The number of hydrogen-bond acceptors (Lipinski definition) is 2. The third kappa shape index (κ3) is 3.92. The fourth-order valence-electron chi connectivity index (χ4n) is 5.38. The second-order valence-corrected chi connectivity index (χ2v) is 8.91. The Morgan fingerprint density at radius 2 is 1.59 bits per heavy atom. The second kappa shape index (κ2) is 9.01. The highest BCUT2D eigenvalue weighted by molar-refractivity contribution is 6.08. The minimum atomic E-state index is 0. The molecule has 7 rings (SSSR count). The van der Waals surface area contributed by atoms with Crippen LogP contribution in [0.15, 0.2) is 84.4 Å². The Hall–Kier alpha value is -2.75. The predicted octanol–water partition coefficient (Wildman–Crippen LogP) is 6.30. The number of para-hydroxylation sites is 1. The van der Waals surface area contributed by atoms with E-state index in [4.69, 9.17) is 4.74 Å². The molecule has 0 saturated carbocycles. The fourth-order valence-corrected chi connectivity index (χ4v) is 5.38. The molecule has 2 bridgehead atoms. The number of benzene rings is 3. The van der Waals surface area contributed by atoms with Crippen LogP contribution < -0.4 is 4.74 Å². The van der Waals surface area contributed by atoms with Crippen LogP contribution in [-0.4, -0.2) is 35.7 Å². The van der Waals surface area contributed by atoms with Gasteiger partial charge in [-0.3, -0.25) is 4.90 Å². The zero-order valence-corrected chi connectivity index (χ0v) is 19.1. The standard InChI is InChI=1S/C28H28N2O.ClH/c1-2-6-21(7-3-1)19-30-27-9-5-4-8-25(27)26-11-10-24(18-28(26)30)31-17-14-23-20-29-15-12-22(23)13-16-29;/h1-11,14,18,22H,12-13,15-17,19-20H2;1H. The molecule has 0 unspecified atom stereocenters. The van der Waals surface area contributed by atoms with Crippen LogP contribution in [0.5, 0.6) is 5.75 Å². The fraction of sp³-hybridized carbons (Fsp3) is 0.286. The highest BCUT2D eigenvalue weighted by Gasteiger charge is 2.29. The van der Waals surface area contributed by atoms with Crippen molar-refractivity contribution in [3.8, 4) is 5.75 Å². The third-order valence-corrected chi connectivity index (χ3v) is 7.04. The number of fused-ring (bicyclic) bond motifs is 6. The van der Waals surface area contributed by atoms with Gasteiger partial charge in [0.2, 0.25) is 0 Å². The molecule has 3 aliphatic heterocycles. The topological polar surface area (TPSA) is 17.4 Å². The van der Waals surface area contributed by atoms with Crippen molar-refractivity contribution in [1.82, 2.24) is 9.47 Å². The zero-order valence-electron chi connectivity index (χ0n) is 18.2. The minimum Gasteiger partial charge on any atom is -0.489 e. The molecule has 0 N–H and O–H groups in total. The summed E-state index contributed by atoms with van der Waals surface area (Å²) in [6.45, 7) is 5.19. The summed E-state index contributed by atoms with van der Waals surface area (Å²) >= 11 is 0. The maximum absolute atomic E-state index is 6.22. The van der Waals surface area contributed by atoms with E-state index in [9.17, 15) is 0 Å². The first kappa shape index (κ1) is 21.1. The summed E-state index contributed by atoms with van der Waals surface area (Å²) in [6, 6.07) is 25.9. The lowest BCUT2D eigenvalue weighted by atomic mass is 9.84. The lowest BCUT2D eigenvalue weighted by Gasteiger charge is -2.41. The summed E-state index contributed by atoms with van der Waals surface area (Å²) < 4.78 is 8.63. The van der Waals surface area contributed by atoms with Gasteiger partial charge >= 0.3 is 0 Å². The van der Waals surface area contributed by atoms with Crippen molar-refractivity contribution in [3.63, 3.8) is 0 Å². The Balaban J connectivity index is 0.00000216. The quantitative estimate of drug-likeness (QED) is 0.336. The van der Waals surface area contributed by atoms with E-state index in [1.807, 2.05) is 0 Å². The molecule has 164 valence electrons. The Kier molecular flexibility index (Phi) is 5.95. The summed E-state index contributed by atoms with van der Waals surface area (Å²) in [6.07, 6.45) is 4.97. The number of halogens is 1. The van der Waals surface area contributed by atoms with Gasteiger partial charge in [-0.05, 0) is 61.7 Å². The number of rotatable bonds is 5. The molecule has 0 radical (unpaired) electrons. The molecule has 3 nitrogen and oxygen atoms in total. The molecule has 1 aromatic heterocycles. The van der Waals surface area contributed by atoms with Crippen LogP contribution in [0.1, 0.15) is 18.4 Å². The number of hydrogen-bond donors (Lipinski definition) is 0. The van der Waals surface area contributed by atoms with E-state index in [0.717, 1.165) is 24.8 Å². The molecular weight excluding hydrogens is 416 g/mol. The molecule has 3 fully saturated rings. The molecule has 32 heavy (non-hydrogen) atoms. The van der Waals surface area contributed by atoms with Crippen molar-refractivity contribution in [2.45, 2.75) is 19.4 Å². The van der Waals surface area contributed by atoms with Crippen molar-refractivity contribution in [2.24, 2.45) is 5.92 Å². The highest BCUT2D eigenvalue weighted by atomic mass is 35.5. The van der Waals surface area contributed by atoms with Crippen molar-refractivity contribution in [3.05, 3.63) is 90.0 Å². The van der Waals surface area contributed by atoms with E-state index in [0.29, 0.717) is 6.61 Å². The van der Waals surface area contributed by atoms with Gasteiger partial charge < -0.3 is 9.30 Å². The van der Waals surface area contributed by atoms with Gasteiger partial charge in [-0.25, -0.2) is 0 Å². The van der Waals surface area contributed by atoms with Crippen LogP contribution in [0.4, 0.5) is 0 Å². The van der Waals surface area contributed by atoms with Crippen LogP contribution in [0.2, 0.25) is 0 Å². The molecule has 3 aliphatic rings. The molecule has 0 spiro atoms. The van der Waals surface area contributed by atoms with Crippen LogP contribution in [-0.2, 0) is 6.54 Å².